The molecule has 0 aromatic rings. The van der Waals surface area contributed by atoms with E-state index in [0.29, 0.717) is 0 Å². The number of carboxylic acids is 1. The van der Waals surface area contributed by atoms with Crippen LogP contribution in [0.4, 0.5) is 0 Å². The number of nitrogens with zero attached hydrogens (tertiary/aromatic N) is 2. The molecular weight excluding hydrogens is 470 g/mol. The van der Waals surface area contributed by atoms with Crippen LogP contribution in [0.15, 0.2) is 0 Å². The van der Waals surface area contributed by atoms with E-state index >= 15 is 0 Å². The topological polar surface area (TPSA) is 270 Å². The van der Waals surface area contributed by atoms with Crippen LogP contribution in [-0.4, -0.2) is 82.3 Å². The zero-order valence-corrected chi connectivity index (χ0v) is 18.2. The fraction of sp³-hybridized carbons (Fsp3) is 0.688. The third kappa shape index (κ3) is 10.5. The predicted molar refractivity (Wildman–Crippen MR) is 105 cm³/mol. The first kappa shape index (κ1) is 29.9. The van der Waals surface area contributed by atoms with Gasteiger partial charge in [0.15, 0.2) is 11.6 Å². The molecule has 0 aliphatic rings. The monoisotopic (exact) mass is 495 g/mol. The fourth-order valence-electron chi connectivity index (χ4n) is 2.23. The Morgan fingerprint density at radius 1 is 1.12 bits per heavy atom. The molecule has 0 aromatic carbocycles. The van der Waals surface area contributed by atoms with Gasteiger partial charge >= 0.3 is 11.9 Å². The van der Waals surface area contributed by atoms with Gasteiger partial charge in [-0.25, -0.2) is 9.59 Å². The molecule has 0 bridgehead atoms. The van der Waals surface area contributed by atoms with Crippen molar-refractivity contribution in [3.8, 4) is 0 Å². The minimum absolute atomic E-state index is 0.0254. The summed E-state index contributed by atoms with van der Waals surface area (Å²) in [5, 5.41) is 31.6. The molecule has 0 heterocycles. The van der Waals surface area contributed by atoms with Gasteiger partial charge in [0.05, 0.1) is 0 Å². The molecular formula is C16H25N5O13. The second-order valence-corrected chi connectivity index (χ2v) is 6.71. The predicted octanol–water partition coefficient (Wildman–Crippen LogP) is -2.52. The van der Waals surface area contributed by atoms with Gasteiger partial charge < -0.3 is 35.9 Å². The molecule has 0 spiro atoms. The molecule has 18 nitrogen and oxygen atoms in total. The number of rotatable bonds is 17. The lowest BCUT2D eigenvalue weighted by Crippen LogP contribution is -2.59. The van der Waals surface area contributed by atoms with E-state index in [1.54, 1.807) is 0 Å². The highest BCUT2D eigenvalue weighted by atomic mass is 17.0. The standard InChI is InChI=1S/C16H25N5O13/c1-3-16(17,15(26)27)14(25)18-6-4-5-11(19-12(23)9(2)22)13(24)32-7-10(34-21(30)31)8-33-20(28)29/h10-11H,3-8,17H2,1-2H3,(H,18,25)(H,19,23)(H,26,27)/t10-,11-,16?/m0/s1. The third-order valence-corrected chi connectivity index (χ3v) is 4.22. The summed E-state index contributed by atoms with van der Waals surface area (Å²) in [4.78, 5) is 87.1. The normalized spacial score (nSPS) is 13.9. The summed E-state index contributed by atoms with van der Waals surface area (Å²) >= 11 is 0. The Balaban J connectivity index is 5.06. The molecule has 2 amide bonds. The third-order valence-electron chi connectivity index (χ3n) is 4.22. The molecule has 0 radical (unpaired) electrons. The maximum atomic E-state index is 12.3. The Bertz CT molecular complexity index is 804. The first-order valence-electron chi connectivity index (χ1n) is 9.61. The molecule has 34 heavy (non-hydrogen) atoms. The first-order chi connectivity index (χ1) is 15.7. The smallest absolute Gasteiger partial charge is 0.333 e. The van der Waals surface area contributed by atoms with Gasteiger partial charge in [0.1, 0.15) is 19.3 Å². The average Bonchev–Trinajstić information content (AvgIpc) is 2.75. The van der Waals surface area contributed by atoms with Crippen LogP contribution in [0.3, 0.4) is 0 Å². The van der Waals surface area contributed by atoms with E-state index in [0.717, 1.165) is 6.92 Å². The minimum Gasteiger partial charge on any atom is -0.479 e. The number of aliphatic carboxylic acids is 1. The van der Waals surface area contributed by atoms with Crippen LogP contribution < -0.4 is 16.4 Å². The number of amides is 2. The van der Waals surface area contributed by atoms with Crippen molar-refractivity contribution < 1.29 is 53.7 Å². The number of nitrogens with one attached hydrogen (secondary N) is 2. The molecule has 0 rings (SSSR count). The lowest BCUT2D eigenvalue weighted by molar-refractivity contribution is -0.790. The van der Waals surface area contributed by atoms with Gasteiger partial charge in [-0.15, -0.1) is 20.2 Å². The Kier molecular flexibility index (Phi) is 12.4. The van der Waals surface area contributed by atoms with Crippen molar-refractivity contribution in [1.29, 1.82) is 0 Å². The zero-order valence-electron chi connectivity index (χ0n) is 18.2. The molecule has 1 unspecified atom stereocenters. The average molecular weight is 495 g/mol. The molecule has 0 aliphatic carbocycles. The van der Waals surface area contributed by atoms with Crippen molar-refractivity contribution in [3.05, 3.63) is 20.2 Å². The van der Waals surface area contributed by atoms with E-state index < -0.39 is 70.6 Å². The SMILES string of the molecule is CCC(N)(C(=O)O)C(=O)NCCC[C@H](NC(=O)C(C)=O)C(=O)OC[C@@H](CO[N+](=O)[O-])O[N+](=O)[O-]. The van der Waals surface area contributed by atoms with Crippen molar-refractivity contribution >= 4 is 29.5 Å². The van der Waals surface area contributed by atoms with Crippen LogP contribution >= 0.6 is 0 Å². The highest BCUT2D eigenvalue weighted by molar-refractivity contribution is 6.35. The van der Waals surface area contributed by atoms with Gasteiger partial charge in [0.2, 0.25) is 5.78 Å². The lowest BCUT2D eigenvalue weighted by atomic mass is 9.96. The van der Waals surface area contributed by atoms with E-state index in [4.69, 9.17) is 15.6 Å². The van der Waals surface area contributed by atoms with Crippen LogP contribution in [0, 0.1) is 20.2 Å². The summed E-state index contributed by atoms with van der Waals surface area (Å²) in [5.74, 6) is -5.81. The maximum Gasteiger partial charge on any atom is 0.333 e. The Morgan fingerprint density at radius 2 is 1.74 bits per heavy atom. The van der Waals surface area contributed by atoms with Gasteiger partial charge in [0, 0.05) is 13.5 Å². The van der Waals surface area contributed by atoms with E-state index in [2.05, 4.69) is 20.3 Å². The number of ether oxygens (including phenoxy) is 1. The van der Waals surface area contributed by atoms with Gasteiger partial charge in [-0.1, -0.05) is 6.92 Å². The second-order valence-electron chi connectivity index (χ2n) is 6.71. The molecule has 18 heteroatoms. The van der Waals surface area contributed by atoms with Gasteiger partial charge in [-0.05, 0) is 19.3 Å². The molecule has 0 saturated heterocycles. The maximum absolute atomic E-state index is 12.3. The van der Waals surface area contributed by atoms with Crippen molar-refractivity contribution in [3.63, 3.8) is 0 Å². The lowest BCUT2D eigenvalue weighted by Gasteiger charge is -2.22. The highest BCUT2D eigenvalue weighted by Crippen LogP contribution is 2.08. The first-order valence-corrected chi connectivity index (χ1v) is 9.61. The number of carbonyl (C=O) groups excluding carboxylic acids is 4. The molecule has 0 saturated carbocycles. The molecule has 0 fully saturated rings. The van der Waals surface area contributed by atoms with Gasteiger partial charge in [-0.2, -0.15) is 0 Å². The largest absolute Gasteiger partial charge is 0.479 e. The summed E-state index contributed by atoms with van der Waals surface area (Å²) in [7, 11) is 0. The molecule has 192 valence electrons. The molecule has 5 N–H and O–H groups in total. The summed E-state index contributed by atoms with van der Waals surface area (Å²) in [5.41, 5.74) is 3.36. The van der Waals surface area contributed by atoms with Crippen molar-refractivity contribution in [2.24, 2.45) is 5.73 Å². The van der Waals surface area contributed by atoms with E-state index in [-0.39, 0.29) is 25.8 Å². The zero-order chi connectivity index (χ0) is 26.5. The second kappa shape index (κ2) is 14.1. The van der Waals surface area contributed by atoms with Gasteiger partial charge in [0.25, 0.3) is 22.0 Å². The molecule has 0 aliphatic heterocycles. The fourth-order valence-corrected chi connectivity index (χ4v) is 2.23. The van der Waals surface area contributed by atoms with Crippen molar-refractivity contribution in [1.82, 2.24) is 10.6 Å². The van der Waals surface area contributed by atoms with Crippen LogP contribution in [0.2, 0.25) is 0 Å². The number of Topliss-reactive ketones (excluding diaryl/α,β-unsaturated/α-hetero) is 1. The van der Waals surface area contributed by atoms with Crippen molar-refractivity contribution in [2.75, 3.05) is 19.8 Å². The van der Waals surface area contributed by atoms with Crippen LogP contribution in [-0.2, 0) is 38.4 Å². The van der Waals surface area contributed by atoms with E-state index in [1.807, 2.05) is 0 Å². The number of carboxylic acid groups (broad SMARTS) is 1. The summed E-state index contributed by atoms with van der Waals surface area (Å²) in [6.07, 6.45) is -2.12. The van der Waals surface area contributed by atoms with E-state index in [1.165, 1.54) is 6.92 Å². The van der Waals surface area contributed by atoms with Crippen LogP contribution in [0.5, 0.6) is 0 Å². The Morgan fingerprint density at radius 3 is 2.21 bits per heavy atom. The number of esters is 1. The van der Waals surface area contributed by atoms with Crippen LogP contribution in [0.1, 0.15) is 33.1 Å². The Labute approximate surface area is 191 Å². The van der Waals surface area contributed by atoms with Gasteiger partial charge in [-0.3, -0.25) is 14.4 Å². The number of ketones is 1. The summed E-state index contributed by atoms with van der Waals surface area (Å²) in [6, 6.07) is -1.46. The Hall–Kier alpha value is -4.09. The number of carbonyl (C=O) groups is 5. The highest BCUT2D eigenvalue weighted by Gasteiger charge is 2.40. The summed E-state index contributed by atoms with van der Waals surface area (Å²) < 4.78 is 4.78. The summed E-state index contributed by atoms with van der Waals surface area (Å²) in [6.45, 7) is 0.324. The minimum atomic E-state index is -2.17. The van der Waals surface area contributed by atoms with Crippen molar-refractivity contribution in [2.45, 2.75) is 50.8 Å². The number of hydrogen-bond acceptors (Lipinski definition) is 13. The van der Waals surface area contributed by atoms with Crippen LogP contribution in [0.25, 0.3) is 0 Å². The van der Waals surface area contributed by atoms with E-state index in [9.17, 15) is 44.2 Å². The quantitative estimate of drug-likeness (QED) is 0.0405. The molecule has 3 atom stereocenters. The number of hydrogen-bond donors (Lipinski definition) is 4. The molecule has 0 aromatic heterocycles. The number of nitrogens with two attached hydrogens (primary N) is 1.